The van der Waals surface area contributed by atoms with Gasteiger partial charge in [-0.05, 0) is 18.2 Å². The Balaban J connectivity index is 2.50. The summed E-state index contributed by atoms with van der Waals surface area (Å²) in [5.74, 6) is 1.00. The highest BCUT2D eigenvalue weighted by atomic mass is 16.5. The summed E-state index contributed by atoms with van der Waals surface area (Å²) in [5.41, 5.74) is 5.62. The molecule has 2 rings (SSSR count). The van der Waals surface area contributed by atoms with Crippen molar-refractivity contribution in [2.24, 2.45) is 0 Å². The van der Waals surface area contributed by atoms with E-state index in [4.69, 9.17) is 15.2 Å². The summed E-state index contributed by atoms with van der Waals surface area (Å²) in [7, 11) is 3.10. The molecule has 1 heterocycles. The average Bonchev–Trinajstić information content (AvgIpc) is 2.47. The Morgan fingerprint density at radius 2 is 1.80 bits per heavy atom. The summed E-state index contributed by atoms with van der Waals surface area (Å²) in [4.78, 5) is 12.0. The molecule has 0 unspecified atom stereocenters. The maximum atomic E-state index is 12.0. The molecule has 0 radical (unpaired) electrons. The van der Waals surface area contributed by atoms with E-state index >= 15 is 0 Å². The molecule has 20 heavy (non-hydrogen) atoms. The molecule has 0 bridgehead atoms. The second-order valence-corrected chi connectivity index (χ2v) is 4.19. The molecule has 6 heteroatoms. The van der Waals surface area contributed by atoms with Crippen molar-refractivity contribution in [3.63, 3.8) is 0 Å². The van der Waals surface area contributed by atoms with Crippen molar-refractivity contribution in [1.29, 1.82) is 0 Å². The third-order valence-corrected chi connectivity index (χ3v) is 3.04. The van der Waals surface area contributed by atoms with Crippen LogP contribution in [-0.4, -0.2) is 23.9 Å². The van der Waals surface area contributed by atoms with Gasteiger partial charge in [0.1, 0.15) is 22.9 Å². The SMILES string of the molecule is COc1cccc(OC)c1Cn1ccc(O)c(N)c1=O. The molecule has 0 saturated carbocycles. The Morgan fingerprint density at radius 3 is 2.35 bits per heavy atom. The lowest BCUT2D eigenvalue weighted by molar-refractivity contribution is 0.383. The number of methoxy groups -OCH3 is 2. The smallest absolute Gasteiger partial charge is 0.277 e. The van der Waals surface area contributed by atoms with Crippen LogP contribution in [0.15, 0.2) is 35.3 Å². The summed E-state index contributed by atoms with van der Waals surface area (Å²) < 4.78 is 11.9. The van der Waals surface area contributed by atoms with Gasteiger partial charge >= 0.3 is 0 Å². The van der Waals surface area contributed by atoms with Crippen LogP contribution >= 0.6 is 0 Å². The van der Waals surface area contributed by atoms with E-state index in [1.807, 2.05) is 0 Å². The Morgan fingerprint density at radius 1 is 1.20 bits per heavy atom. The fraction of sp³-hybridized carbons (Fsp3) is 0.214. The molecule has 0 saturated heterocycles. The fourth-order valence-electron chi connectivity index (χ4n) is 1.96. The van der Waals surface area contributed by atoms with Crippen LogP contribution in [-0.2, 0) is 6.54 Å². The minimum Gasteiger partial charge on any atom is -0.506 e. The maximum Gasteiger partial charge on any atom is 0.277 e. The third kappa shape index (κ3) is 2.40. The Kier molecular flexibility index (Phi) is 3.84. The first-order valence-electron chi connectivity index (χ1n) is 5.96. The van der Waals surface area contributed by atoms with E-state index in [-0.39, 0.29) is 18.0 Å². The van der Waals surface area contributed by atoms with Crippen molar-refractivity contribution in [1.82, 2.24) is 4.57 Å². The van der Waals surface area contributed by atoms with Crippen molar-refractivity contribution in [2.45, 2.75) is 6.54 Å². The quantitative estimate of drug-likeness (QED) is 0.876. The molecule has 1 aromatic carbocycles. The monoisotopic (exact) mass is 276 g/mol. The second kappa shape index (κ2) is 5.56. The van der Waals surface area contributed by atoms with Gasteiger partial charge < -0.3 is 24.9 Å². The molecule has 0 fully saturated rings. The molecule has 0 aliphatic heterocycles. The van der Waals surface area contributed by atoms with Gasteiger partial charge in [-0.25, -0.2) is 0 Å². The van der Waals surface area contributed by atoms with Crippen LogP contribution < -0.4 is 20.8 Å². The zero-order valence-corrected chi connectivity index (χ0v) is 11.3. The number of aromatic hydroxyl groups is 1. The average molecular weight is 276 g/mol. The predicted molar refractivity (Wildman–Crippen MR) is 75.4 cm³/mol. The third-order valence-electron chi connectivity index (χ3n) is 3.04. The van der Waals surface area contributed by atoms with E-state index in [9.17, 15) is 9.90 Å². The molecule has 106 valence electrons. The van der Waals surface area contributed by atoms with E-state index in [1.54, 1.807) is 32.4 Å². The van der Waals surface area contributed by atoms with Gasteiger partial charge in [0.2, 0.25) is 0 Å². The lowest BCUT2D eigenvalue weighted by atomic mass is 10.1. The summed E-state index contributed by atoms with van der Waals surface area (Å²) in [6.45, 7) is 0.233. The Bertz CT molecular complexity index is 657. The zero-order valence-electron chi connectivity index (χ0n) is 11.3. The van der Waals surface area contributed by atoms with E-state index in [2.05, 4.69) is 0 Å². The van der Waals surface area contributed by atoms with Gasteiger partial charge in [0.05, 0.1) is 26.3 Å². The Labute approximate surface area is 116 Å². The fourth-order valence-corrected chi connectivity index (χ4v) is 1.96. The molecule has 2 aromatic rings. The number of ether oxygens (including phenoxy) is 2. The molecular weight excluding hydrogens is 260 g/mol. The number of hydrogen-bond donors (Lipinski definition) is 2. The minimum absolute atomic E-state index is 0.179. The number of anilines is 1. The first kappa shape index (κ1) is 13.8. The van der Waals surface area contributed by atoms with Gasteiger partial charge in [0.25, 0.3) is 5.56 Å². The van der Waals surface area contributed by atoms with E-state index in [1.165, 1.54) is 16.8 Å². The predicted octanol–water partition coefficient (Wildman–Crippen LogP) is 1.20. The zero-order chi connectivity index (χ0) is 14.7. The molecule has 0 aliphatic carbocycles. The molecule has 0 aliphatic rings. The molecule has 0 spiro atoms. The maximum absolute atomic E-state index is 12.0. The number of nitrogen functional groups attached to an aromatic ring is 1. The van der Waals surface area contributed by atoms with E-state index in [0.29, 0.717) is 11.5 Å². The highest BCUT2D eigenvalue weighted by Crippen LogP contribution is 2.29. The Hall–Kier alpha value is -2.63. The molecule has 1 aromatic heterocycles. The van der Waals surface area contributed by atoms with Crippen LogP contribution in [0.5, 0.6) is 17.2 Å². The highest BCUT2D eigenvalue weighted by Gasteiger charge is 2.13. The number of benzene rings is 1. The van der Waals surface area contributed by atoms with Gasteiger partial charge in [-0.15, -0.1) is 0 Å². The molecule has 6 nitrogen and oxygen atoms in total. The second-order valence-electron chi connectivity index (χ2n) is 4.19. The number of aromatic nitrogens is 1. The number of hydrogen-bond acceptors (Lipinski definition) is 5. The molecule has 0 amide bonds. The van der Waals surface area contributed by atoms with Crippen molar-refractivity contribution in [3.05, 3.63) is 46.4 Å². The van der Waals surface area contributed by atoms with Gasteiger partial charge in [0.15, 0.2) is 0 Å². The molecular formula is C14H16N2O4. The van der Waals surface area contributed by atoms with Crippen molar-refractivity contribution < 1.29 is 14.6 Å². The summed E-state index contributed by atoms with van der Waals surface area (Å²) in [5, 5.41) is 9.40. The van der Waals surface area contributed by atoms with Crippen LogP contribution in [0.2, 0.25) is 0 Å². The summed E-state index contributed by atoms with van der Waals surface area (Å²) >= 11 is 0. The van der Waals surface area contributed by atoms with Crippen LogP contribution in [0.1, 0.15) is 5.56 Å². The van der Waals surface area contributed by atoms with Crippen molar-refractivity contribution >= 4 is 5.69 Å². The van der Waals surface area contributed by atoms with Crippen LogP contribution in [0.25, 0.3) is 0 Å². The number of rotatable bonds is 4. The lowest BCUT2D eigenvalue weighted by Crippen LogP contribution is -2.23. The highest BCUT2D eigenvalue weighted by molar-refractivity contribution is 5.50. The van der Waals surface area contributed by atoms with E-state index in [0.717, 1.165) is 5.56 Å². The summed E-state index contributed by atoms with van der Waals surface area (Å²) in [6, 6.07) is 6.74. The minimum atomic E-state index is -0.460. The van der Waals surface area contributed by atoms with Gasteiger partial charge in [0, 0.05) is 6.20 Å². The van der Waals surface area contributed by atoms with Crippen molar-refractivity contribution in [2.75, 3.05) is 20.0 Å². The van der Waals surface area contributed by atoms with Crippen LogP contribution in [0.3, 0.4) is 0 Å². The standard InChI is InChI=1S/C14H16N2O4/c1-19-11-4-3-5-12(20-2)9(11)8-16-7-6-10(17)13(15)14(16)18/h3-7,17H,8,15H2,1-2H3. The lowest BCUT2D eigenvalue weighted by Gasteiger charge is -2.14. The largest absolute Gasteiger partial charge is 0.506 e. The van der Waals surface area contributed by atoms with Crippen molar-refractivity contribution in [3.8, 4) is 17.2 Å². The number of nitrogens with zero attached hydrogens (tertiary/aromatic N) is 1. The molecule has 3 N–H and O–H groups in total. The van der Waals surface area contributed by atoms with Gasteiger partial charge in [-0.3, -0.25) is 4.79 Å². The first-order chi connectivity index (χ1) is 9.58. The van der Waals surface area contributed by atoms with E-state index < -0.39 is 5.56 Å². The van der Waals surface area contributed by atoms with Crippen LogP contribution in [0.4, 0.5) is 5.69 Å². The normalized spacial score (nSPS) is 10.3. The number of pyridine rings is 1. The van der Waals surface area contributed by atoms with Crippen LogP contribution in [0, 0.1) is 0 Å². The molecule has 0 atom stereocenters. The topological polar surface area (TPSA) is 86.7 Å². The first-order valence-corrected chi connectivity index (χ1v) is 5.96. The summed E-state index contributed by atoms with van der Waals surface area (Å²) in [6.07, 6.45) is 1.47. The van der Waals surface area contributed by atoms with Gasteiger partial charge in [-0.1, -0.05) is 6.07 Å². The number of nitrogens with two attached hydrogens (primary N) is 1. The van der Waals surface area contributed by atoms with Gasteiger partial charge in [-0.2, -0.15) is 0 Å².